The molecule has 0 spiro atoms. The molecule has 3 aliphatic rings. The minimum absolute atomic E-state index is 0.0339. The molecule has 1 saturated carbocycles. The highest BCUT2D eigenvalue weighted by Crippen LogP contribution is 2.46. The zero-order chi connectivity index (χ0) is 28.2. The Morgan fingerprint density at radius 3 is 2.28 bits per heavy atom. The summed E-state index contributed by atoms with van der Waals surface area (Å²) in [5.74, 6) is 0.0782. The summed E-state index contributed by atoms with van der Waals surface area (Å²) in [6.45, 7) is 1.21. The van der Waals surface area contributed by atoms with Crippen molar-refractivity contribution in [1.29, 1.82) is 0 Å². The van der Waals surface area contributed by atoms with E-state index in [1.165, 1.54) is 0 Å². The Kier molecular flexibility index (Phi) is 6.93. The molecule has 0 aromatic heterocycles. The standard InChI is InChI=1S/C28H29F6N3O2/c1-36-23-10-18(4-5-20(23)11-24(36)38)15-37-7-6-26(16-37,13-17-2-3-17)25(39)35-14-19-8-21(27(29,30)31)12-22(9-19)28(32,33)34/h4-5,8-10,12,17H,2-3,6-7,11,13-16H2,1H3,(H,35,39). The minimum atomic E-state index is -4.95. The fourth-order valence-electron chi connectivity index (χ4n) is 5.75. The van der Waals surface area contributed by atoms with Crippen LogP contribution >= 0.6 is 0 Å². The highest BCUT2D eigenvalue weighted by atomic mass is 19.4. The summed E-state index contributed by atoms with van der Waals surface area (Å²) in [4.78, 5) is 29.3. The maximum Gasteiger partial charge on any atom is 0.416 e. The molecule has 0 radical (unpaired) electrons. The van der Waals surface area contributed by atoms with E-state index in [-0.39, 0.29) is 23.4 Å². The van der Waals surface area contributed by atoms with Crippen LogP contribution in [0.15, 0.2) is 36.4 Å². The van der Waals surface area contributed by atoms with Crippen molar-refractivity contribution in [3.63, 3.8) is 0 Å². The number of nitrogens with one attached hydrogen (secondary N) is 1. The maximum absolute atomic E-state index is 13.5. The van der Waals surface area contributed by atoms with E-state index < -0.39 is 35.4 Å². The number of alkyl halides is 6. The van der Waals surface area contributed by atoms with Gasteiger partial charge in [0, 0.05) is 32.4 Å². The molecule has 1 aliphatic carbocycles. The van der Waals surface area contributed by atoms with Gasteiger partial charge in [-0.1, -0.05) is 25.0 Å². The molecule has 0 bridgehead atoms. The van der Waals surface area contributed by atoms with Gasteiger partial charge in [0.05, 0.1) is 23.0 Å². The Morgan fingerprint density at radius 1 is 1.00 bits per heavy atom. The summed E-state index contributed by atoms with van der Waals surface area (Å²) in [6, 6.07) is 7.28. The number of nitrogens with zero attached hydrogens (tertiary/aromatic N) is 2. The van der Waals surface area contributed by atoms with E-state index in [0.29, 0.717) is 56.9 Å². The van der Waals surface area contributed by atoms with E-state index in [1.54, 1.807) is 11.9 Å². The van der Waals surface area contributed by atoms with Crippen molar-refractivity contribution in [2.24, 2.45) is 11.3 Å². The van der Waals surface area contributed by atoms with E-state index >= 15 is 0 Å². The van der Waals surface area contributed by atoms with E-state index in [9.17, 15) is 35.9 Å². The zero-order valence-corrected chi connectivity index (χ0v) is 21.4. The van der Waals surface area contributed by atoms with Gasteiger partial charge in [-0.15, -0.1) is 0 Å². The lowest BCUT2D eigenvalue weighted by atomic mass is 9.80. The van der Waals surface area contributed by atoms with Crippen molar-refractivity contribution in [3.05, 3.63) is 64.2 Å². The Labute approximate surface area is 222 Å². The van der Waals surface area contributed by atoms with E-state index in [2.05, 4.69) is 10.2 Å². The maximum atomic E-state index is 13.5. The summed E-state index contributed by atoms with van der Waals surface area (Å²) in [6.07, 6.45) is -6.33. The average molecular weight is 554 g/mol. The van der Waals surface area contributed by atoms with Crippen molar-refractivity contribution >= 4 is 17.5 Å². The van der Waals surface area contributed by atoms with Gasteiger partial charge in [-0.05, 0) is 66.3 Å². The molecule has 5 nitrogen and oxygen atoms in total. The molecule has 2 fully saturated rings. The summed E-state index contributed by atoms with van der Waals surface area (Å²) >= 11 is 0. The van der Waals surface area contributed by atoms with Gasteiger partial charge in [0.2, 0.25) is 11.8 Å². The number of carbonyl (C=O) groups is 2. The predicted molar refractivity (Wildman–Crippen MR) is 132 cm³/mol. The predicted octanol–water partition coefficient (Wildman–Crippen LogP) is 5.55. The molecule has 2 aromatic rings. The molecule has 210 valence electrons. The van der Waals surface area contributed by atoms with Crippen molar-refractivity contribution in [1.82, 2.24) is 10.2 Å². The second kappa shape index (κ2) is 9.83. The lowest BCUT2D eigenvalue weighted by Gasteiger charge is -2.29. The summed E-state index contributed by atoms with van der Waals surface area (Å²) < 4.78 is 79.5. The fourth-order valence-corrected chi connectivity index (χ4v) is 5.75. The van der Waals surface area contributed by atoms with Crippen molar-refractivity contribution in [2.45, 2.75) is 57.5 Å². The molecular weight excluding hydrogens is 524 g/mol. The largest absolute Gasteiger partial charge is 0.416 e. The van der Waals surface area contributed by atoms with Gasteiger partial charge in [0.1, 0.15) is 0 Å². The first-order chi connectivity index (χ1) is 18.2. The van der Waals surface area contributed by atoms with Crippen LogP contribution in [0.25, 0.3) is 0 Å². The SMILES string of the molecule is CN1C(=O)Cc2ccc(CN3CCC(CC4CC4)(C(=O)NCc4cc(C(F)(F)F)cc(C(F)(F)F)c4)C3)cc21. The van der Waals surface area contributed by atoms with Crippen LogP contribution in [0.2, 0.25) is 0 Å². The summed E-state index contributed by atoms with van der Waals surface area (Å²) in [7, 11) is 1.74. The number of likely N-dealkylation sites (N-methyl/N-ethyl adjacent to an activating group) is 1. The number of carbonyl (C=O) groups excluding carboxylic acids is 2. The van der Waals surface area contributed by atoms with Crippen LogP contribution in [-0.4, -0.2) is 36.9 Å². The molecule has 1 N–H and O–H groups in total. The van der Waals surface area contributed by atoms with Gasteiger partial charge in [-0.2, -0.15) is 26.3 Å². The third kappa shape index (κ3) is 5.92. The lowest BCUT2D eigenvalue weighted by Crippen LogP contribution is -2.43. The number of halogens is 6. The number of rotatable bonds is 7. The van der Waals surface area contributed by atoms with E-state index in [1.807, 2.05) is 18.2 Å². The van der Waals surface area contributed by atoms with Crippen LogP contribution in [0.5, 0.6) is 0 Å². The highest BCUT2D eigenvalue weighted by molar-refractivity contribution is 6.01. The Bertz CT molecular complexity index is 1250. The first kappa shape index (κ1) is 27.5. The Morgan fingerprint density at radius 2 is 1.67 bits per heavy atom. The minimum Gasteiger partial charge on any atom is -0.352 e. The summed E-state index contributed by atoms with van der Waals surface area (Å²) in [5, 5.41) is 2.66. The number of likely N-dealkylation sites (tertiary alicyclic amines) is 1. The monoisotopic (exact) mass is 553 g/mol. The molecule has 2 aromatic carbocycles. The third-order valence-corrected chi connectivity index (χ3v) is 8.02. The molecule has 39 heavy (non-hydrogen) atoms. The van der Waals surface area contributed by atoms with Crippen LogP contribution in [0.1, 0.15) is 53.5 Å². The van der Waals surface area contributed by atoms with Crippen LogP contribution in [0.3, 0.4) is 0 Å². The third-order valence-electron chi connectivity index (χ3n) is 8.02. The normalized spacial score (nSPS) is 21.9. The van der Waals surface area contributed by atoms with Gasteiger partial charge in [0.25, 0.3) is 0 Å². The van der Waals surface area contributed by atoms with Gasteiger partial charge < -0.3 is 10.2 Å². The quantitative estimate of drug-likeness (QED) is 0.458. The molecule has 2 amide bonds. The van der Waals surface area contributed by atoms with Crippen molar-refractivity contribution in [2.75, 3.05) is 25.0 Å². The smallest absolute Gasteiger partial charge is 0.352 e. The van der Waals surface area contributed by atoms with Crippen molar-refractivity contribution in [3.8, 4) is 0 Å². The van der Waals surface area contributed by atoms with Crippen LogP contribution in [0, 0.1) is 11.3 Å². The second-order valence-electron chi connectivity index (χ2n) is 11.1. The first-order valence-corrected chi connectivity index (χ1v) is 12.9. The van der Waals surface area contributed by atoms with E-state index in [0.717, 1.165) is 29.7 Å². The first-order valence-electron chi connectivity index (χ1n) is 12.9. The molecule has 5 rings (SSSR count). The number of hydrogen-bond acceptors (Lipinski definition) is 3. The van der Waals surface area contributed by atoms with E-state index in [4.69, 9.17) is 0 Å². The number of benzene rings is 2. The molecule has 1 unspecified atom stereocenters. The Hall–Kier alpha value is -3.08. The molecule has 11 heteroatoms. The molecule has 1 atom stereocenters. The number of anilines is 1. The van der Waals surface area contributed by atoms with Crippen LogP contribution in [0.4, 0.5) is 32.0 Å². The van der Waals surface area contributed by atoms with Gasteiger partial charge in [-0.25, -0.2) is 0 Å². The second-order valence-corrected chi connectivity index (χ2v) is 11.1. The lowest BCUT2D eigenvalue weighted by molar-refractivity contribution is -0.143. The van der Waals surface area contributed by atoms with Crippen LogP contribution < -0.4 is 10.2 Å². The number of fused-ring (bicyclic) bond motifs is 1. The summed E-state index contributed by atoms with van der Waals surface area (Å²) in [5.41, 5.74) is -0.971. The highest BCUT2D eigenvalue weighted by Gasteiger charge is 2.47. The number of amides is 2. The Balaban J connectivity index is 1.30. The topological polar surface area (TPSA) is 52.7 Å². The molecule has 1 saturated heterocycles. The van der Waals surface area contributed by atoms with Gasteiger partial charge >= 0.3 is 12.4 Å². The molecule has 2 aliphatic heterocycles. The molecular formula is C28H29F6N3O2. The van der Waals surface area contributed by atoms with Gasteiger partial charge in [-0.3, -0.25) is 14.5 Å². The average Bonchev–Trinajstić information content (AvgIpc) is 3.51. The van der Waals surface area contributed by atoms with Crippen molar-refractivity contribution < 1.29 is 35.9 Å². The fraction of sp³-hybridized carbons (Fsp3) is 0.500. The van der Waals surface area contributed by atoms with Gasteiger partial charge in [0.15, 0.2) is 0 Å². The zero-order valence-electron chi connectivity index (χ0n) is 21.4. The van der Waals surface area contributed by atoms with Crippen LogP contribution in [-0.2, 0) is 41.5 Å². The molecule has 2 heterocycles. The number of hydrogen-bond donors (Lipinski definition) is 1.